The van der Waals surface area contributed by atoms with Gasteiger partial charge in [-0.3, -0.25) is 0 Å². The van der Waals surface area contributed by atoms with Crippen molar-refractivity contribution in [2.24, 2.45) is 0 Å². The molecule has 2 aromatic heterocycles. The van der Waals surface area contributed by atoms with Gasteiger partial charge in [0.15, 0.2) is 5.82 Å². The number of fused-ring (bicyclic) bond motifs is 1. The van der Waals surface area contributed by atoms with Crippen molar-refractivity contribution in [1.82, 2.24) is 15.0 Å². The first kappa shape index (κ1) is 17.8. The lowest BCUT2D eigenvalue weighted by Crippen LogP contribution is -2.17. The molecule has 0 atom stereocenters. The monoisotopic (exact) mass is 384 g/mol. The molecule has 0 aliphatic heterocycles. The Morgan fingerprint density at radius 1 is 1.00 bits per heavy atom. The molecule has 0 saturated carbocycles. The van der Waals surface area contributed by atoms with Crippen LogP contribution < -0.4 is 10.1 Å². The average molecular weight is 384 g/mol. The van der Waals surface area contributed by atoms with Crippen LogP contribution in [0.3, 0.4) is 0 Å². The van der Waals surface area contributed by atoms with Crippen LogP contribution in [0.25, 0.3) is 22.4 Å². The number of H-pyrrole nitrogens is 1. The molecular formula is C20H15F3N4O. The third-order valence-corrected chi connectivity index (χ3v) is 4.04. The highest BCUT2D eigenvalue weighted by Gasteiger charge is 2.31. The molecule has 28 heavy (non-hydrogen) atoms. The van der Waals surface area contributed by atoms with Gasteiger partial charge in [0.25, 0.3) is 0 Å². The second-order valence-corrected chi connectivity index (χ2v) is 6.06. The van der Waals surface area contributed by atoms with Crippen LogP contribution in [0.1, 0.15) is 5.56 Å². The SMILES string of the molecule is FC(F)(F)Oc1cccc(-c2nc3c(NCc4ccccc4)nccc3[nH]2)c1. The Labute approximate surface area is 158 Å². The zero-order chi connectivity index (χ0) is 19.6. The summed E-state index contributed by atoms with van der Waals surface area (Å²) in [5, 5.41) is 3.24. The van der Waals surface area contributed by atoms with Crippen molar-refractivity contribution in [2.75, 3.05) is 5.32 Å². The zero-order valence-corrected chi connectivity index (χ0v) is 14.5. The highest BCUT2D eigenvalue weighted by molar-refractivity contribution is 5.88. The maximum atomic E-state index is 12.5. The molecule has 142 valence electrons. The summed E-state index contributed by atoms with van der Waals surface area (Å²) in [6.45, 7) is 0.573. The molecule has 0 aliphatic rings. The zero-order valence-electron chi connectivity index (χ0n) is 14.5. The van der Waals surface area contributed by atoms with E-state index in [9.17, 15) is 13.2 Å². The predicted octanol–water partition coefficient (Wildman–Crippen LogP) is 5.14. The topological polar surface area (TPSA) is 62.8 Å². The van der Waals surface area contributed by atoms with Gasteiger partial charge in [-0.2, -0.15) is 0 Å². The van der Waals surface area contributed by atoms with Gasteiger partial charge in [0.05, 0.1) is 5.52 Å². The number of imidazole rings is 1. The number of nitrogens with one attached hydrogen (secondary N) is 2. The van der Waals surface area contributed by atoms with E-state index in [1.165, 1.54) is 18.2 Å². The average Bonchev–Trinajstić information content (AvgIpc) is 3.11. The standard InChI is InChI=1S/C20H15F3N4O/c21-20(22,23)28-15-8-4-7-14(11-15)18-26-16-9-10-24-19(17(16)27-18)25-12-13-5-2-1-3-6-13/h1-11H,12H2,(H,24,25)(H,26,27). The minimum absolute atomic E-state index is 0.300. The molecule has 0 unspecified atom stereocenters. The normalized spacial score (nSPS) is 11.5. The lowest BCUT2D eigenvalue weighted by molar-refractivity contribution is -0.274. The first-order valence-electron chi connectivity index (χ1n) is 8.47. The van der Waals surface area contributed by atoms with E-state index in [0.717, 1.165) is 11.1 Å². The van der Waals surface area contributed by atoms with Crippen molar-refractivity contribution < 1.29 is 17.9 Å². The van der Waals surface area contributed by atoms with Crippen molar-refractivity contribution in [3.63, 3.8) is 0 Å². The van der Waals surface area contributed by atoms with E-state index < -0.39 is 6.36 Å². The summed E-state index contributed by atoms with van der Waals surface area (Å²) in [7, 11) is 0. The summed E-state index contributed by atoms with van der Waals surface area (Å²) in [6, 6.07) is 17.3. The number of anilines is 1. The van der Waals surface area contributed by atoms with Gasteiger partial charge in [0.1, 0.15) is 17.1 Å². The van der Waals surface area contributed by atoms with Crippen LogP contribution in [0.2, 0.25) is 0 Å². The van der Waals surface area contributed by atoms with Gasteiger partial charge < -0.3 is 15.0 Å². The highest BCUT2D eigenvalue weighted by atomic mass is 19.4. The Morgan fingerprint density at radius 3 is 2.61 bits per heavy atom. The maximum absolute atomic E-state index is 12.5. The number of benzene rings is 2. The quantitative estimate of drug-likeness (QED) is 0.500. The number of aromatic amines is 1. The summed E-state index contributed by atoms with van der Waals surface area (Å²) < 4.78 is 41.4. The van der Waals surface area contributed by atoms with Crippen LogP contribution in [0.4, 0.5) is 19.0 Å². The van der Waals surface area contributed by atoms with Crippen molar-refractivity contribution in [3.05, 3.63) is 72.4 Å². The van der Waals surface area contributed by atoms with Crippen molar-refractivity contribution >= 4 is 16.9 Å². The predicted molar refractivity (Wildman–Crippen MR) is 99.8 cm³/mol. The van der Waals surface area contributed by atoms with Crippen LogP contribution in [0.5, 0.6) is 5.75 Å². The molecule has 2 N–H and O–H groups in total. The molecule has 0 fully saturated rings. The Bertz CT molecular complexity index is 1090. The van der Waals surface area contributed by atoms with Gasteiger partial charge in [-0.15, -0.1) is 13.2 Å². The minimum Gasteiger partial charge on any atom is -0.406 e. The molecule has 4 rings (SSSR count). The van der Waals surface area contributed by atoms with E-state index in [1.807, 2.05) is 30.3 Å². The molecule has 4 aromatic rings. The van der Waals surface area contributed by atoms with Gasteiger partial charge >= 0.3 is 6.36 Å². The number of aromatic nitrogens is 3. The van der Waals surface area contributed by atoms with Gasteiger partial charge in [0.2, 0.25) is 0 Å². The second kappa shape index (κ2) is 7.22. The number of pyridine rings is 1. The minimum atomic E-state index is -4.75. The molecule has 0 saturated heterocycles. The number of alkyl halides is 3. The summed E-state index contributed by atoms with van der Waals surface area (Å²) in [4.78, 5) is 12.0. The third kappa shape index (κ3) is 4.06. The Balaban J connectivity index is 1.62. The summed E-state index contributed by atoms with van der Waals surface area (Å²) in [6.07, 6.45) is -3.11. The van der Waals surface area contributed by atoms with E-state index in [1.54, 1.807) is 18.3 Å². The fraction of sp³-hybridized carbons (Fsp3) is 0.100. The summed E-state index contributed by atoms with van der Waals surface area (Å²) in [5.41, 5.74) is 2.90. The summed E-state index contributed by atoms with van der Waals surface area (Å²) in [5.74, 6) is 0.718. The lowest BCUT2D eigenvalue weighted by Gasteiger charge is -2.09. The van der Waals surface area contributed by atoms with Gasteiger partial charge in [-0.25, -0.2) is 9.97 Å². The van der Waals surface area contributed by atoms with E-state index >= 15 is 0 Å². The van der Waals surface area contributed by atoms with Gasteiger partial charge in [-0.05, 0) is 23.8 Å². The first-order valence-corrected chi connectivity index (χ1v) is 8.47. The Hall–Kier alpha value is -3.55. The largest absolute Gasteiger partial charge is 0.573 e. The maximum Gasteiger partial charge on any atom is 0.573 e. The molecule has 2 aromatic carbocycles. The van der Waals surface area contributed by atoms with Crippen LogP contribution in [-0.2, 0) is 6.54 Å². The number of halogens is 3. The number of ether oxygens (including phenoxy) is 1. The molecule has 5 nitrogen and oxygen atoms in total. The molecular weight excluding hydrogens is 369 g/mol. The second-order valence-electron chi connectivity index (χ2n) is 6.06. The molecule has 0 radical (unpaired) electrons. The van der Waals surface area contributed by atoms with Crippen LogP contribution >= 0.6 is 0 Å². The third-order valence-electron chi connectivity index (χ3n) is 4.04. The molecule has 0 aliphatic carbocycles. The van der Waals surface area contributed by atoms with Gasteiger partial charge in [0, 0.05) is 18.3 Å². The van der Waals surface area contributed by atoms with E-state index in [4.69, 9.17) is 0 Å². The number of hydrogen-bond acceptors (Lipinski definition) is 4. The fourth-order valence-electron chi connectivity index (χ4n) is 2.82. The highest BCUT2D eigenvalue weighted by Crippen LogP contribution is 2.29. The lowest BCUT2D eigenvalue weighted by atomic mass is 10.2. The molecule has 0 spiro atoms. The number of nitrogens with zero attached hydrogens (tertiary/aromatic N) is 2. The van der Waals surface area contributed by atoms with Crippen LogP contribution in [0.15, 0.2) is 66.9 Å². The van der Waals surface area contributed by atoms with Crippen molar-refractivity contribution in [3.8, 4) is 17.1 Å². The number of hydrogen-bond donors (Lipinski definition) is 2. The Morgan fingerprint density at radius 2 is 1.82 bits per heavy atom. The first-order chi connectivity index (χ1) is 13.5. The van der Waals surface area contributed by atoms with Crippen molar-refractivity contribution in [2.45, 2.75) is 12.9 Å². The molecule has 0 bridgehead atoms. The van der Waals surface area contributed by atoms with Crippen LogP contribution in [-0.4, -0.2) is 21.3 Å². The molecule has 2 heterocycles. The van der Waals surface area contributed by atoms with Gasteiger partial charge in [-0.1, -0.05) is 42.5 Å². The molecule has 8 heteroatoms. The van der Waals surface area contributed by atoms with E-state index in [-0.39, 0.29) is 5.75 Å². The Kier molecular flexibility index (Phi) is 4.60. The van der Waals surface area contributed by atoms with E-state index in [2.05, 4.69) is 25.0 Å². The molecule has 0 amide bonds. The van der Waals surface area contributed by atoms with Crippen molar-refractivity contribution in [1.29, 1.82) is 0 Å². The van der Waals surface area contributed by atoms with E-state index in [0.29, 0.717) is 29.3 Å². The summed E-state index contributed by atoms with van der Waals surface area (Å²) >= 11 is 0. The van der Waals surface area contributed by atoms with Crippen LogP contribution in [0, 0.1) is 0 Å². The fourth-order valence-corrected chi connectivity index (χ4v) is 2.82. The number of rotatable bonds is 5. The smallest absolute Gasteiger partial charge is 0.406 e.